The van der Waals surface area contributed by atoms with Gasteiger partial charge in [-0.1, -0.05) is 12.3 Å². The number of rotatable bonds is 10. The highest BCUT2D eigenvalue weighted by atomic mass is 16.5. The van der Waals surface area contributed by atoms with Crippen molar-refractivity contribution in [1.29, 1.82) is 0 Å². The summed E-state index contributed by atoms with van der Waals surface area (Å²) in [6.07, 6.45) is 9.08. The van der Waals surface area contributed by atoms with Crippen molar-refractivity contribution in [3.8, 4) is 11.8 Å². The smallest absolute Gasteiger partial charge is 0.329 e. The summed E-state index contributed by atoms with van der Waals surface area (Å²) >= 11 is 0. The molecule has 0 bridgehead atoms. The highest BCUT2D eigenvalue weighted by Crippen LogP contribution is 2.12. The van der Waals surface area contributed by atoms with E-state index in [9.17, 15) is 9.59 Å². The second-order valence-electron chi connectivity index (χ2n) is 5.83. The number of carboxylic acid groups (broad SMARTS) is 1. The van der Waals surface area contributed by atoms with E-state index in [1.807, 2.05) is 0 Å². The van der Waals surface area contributed by atoms with Crippen molar-refractivity contribution in [3.63, 3.8) is 0 Å². The van der Waals surface area contributed by atoms with Gasteiger partial charge in [-0.3, -0.25) is 0 Å². The van der Waals surface area contributed by atoms with E-state index in [2.05, 4.69) is 16.8 Å². The second kappa shape index (κ2) is 11.8. The second-order valence-corrected chi connectivity index (χ2v) is 5.83. The average molecular weight is 322 g/mol. The zero-order valence-electron chi connectivity index (χ0n) is 13.5. The molecule has 128 valence electrons. The van der Waals surface area contributed by atoms with Gasteiger partial charge < -0.3 is 15.6 Å². The molecule has 0 spiro atoms. The molecule has 6 heteroatoms. The highest BCUT2D eigenvalue weighted by Gasteiger charge is 2.16. The van der Waals surface area contributed by atoms with E-state index in [1.54, 1.807) is 0 Å². The molecule has 0 fully saturated rings. The SMILES string of the molecule is NC(CCCC(N=C=O)C(=O)O)CCOC1C#CCCCCC1. The number of hydrogen-bond acceptors (Lipinski definition) is 5. The number of nitrogens with two attached hydrogens (primary N) is 1. The maximum absolute atomic E-state index is 10.8. The van der Waals surface area contributed by atoms with E-state index in [4.69, 9.17) is 15.6 Å². The van der Waals surface area contributed by atoms with E-state index in [0.717, 1.165) is 19.3 Å². The first kappa shape index (κ1) is 19.4. The molecule has 1 aliphatic carbocycles. The normalized spacial score (nSPS) is 20.1. The van der Waals surface area contributed by atoms with Crippen LogP contribution < -0.4 is 5.73 Å². The Morgan fingerprint density at radius 2 is 2.17 bits per heavy atom. The molecule has 0 saturated heterocycles. The van der Waals surface area contributed by atoms with Crippen molar-refractivity contribution in [2.45, 2.75) is 76.0 Å². The van der Waals surface area contributed by atoms with Crippen LogP contribution in [0.15, 0.2) is 4.99 Å². The fourth-order valence-electron chi connectivity index (χ4n) is 2.49. The Hall–Kier alpha value is -1.67. The molecular formula is C17H26N2O4. The van der Waals surface area contributed by atoms with Crippen LogP contribution in [0, 0.1) is 11.8 Å². The molecular weight excluding hydrogens is 296 g/mol. The summed E-state index contributed by atoms with van der Waals surface area (Å²) < 4.78 is 5.78. The molecule has 23 heavy (non-hydrogen) atoms. The molecule has 0 aromatic rings. The minimum absolute atomic E-state index is 0.0146. The molecule has 6 nitrogen and oxygen atoms in total. The van der Waals surface area contributed by atoms with Gasteiger partial charge in [0, 0.05) is 19.1 Å². The molecule has 0 heterocycles. The van der Waals surface area contributed by atoms with Gasteiger partial charge in [0.05, 0.1) is 0 Å². The quantitative estimate of drug-likeness (QED) is 0.364. The standard InChI is InChI=1S/C17H26N2O4/c18-14(7-6-10-16(17(21)22)19-13-20)11-12-23-15-8-4-2-1-3-5-9-15/h14-16H,1-4,6-8,10-12,18H2,(H,21,22). The number of hydrogen-bond donors (Lipinski definition) is 2. The molecule has 3 unspecified atom stereocenters. The fourth-order valence-corrected chi connectivity index (χ4v) is 2.49. The zero-order chi connectivity index (χ0) is 16.9. The van der Waals surface area contributed by atoms with Crippen LogP contribution in [0.5, 0.6) is 0 Å². The largest absolute Gasteiger partial charge is 0.480 e. The van der Waals surface area contributed by atoms with Crippen molar-refractivity contribution >= 4 is 12.0 Å². The topological polar surface area (TPSA) is 102 Å². The highest BCUT2D eigenvalue weighted by molar-refractivity contribution is 5.74. The van der Waals surface area contributed by atoms with Crippen molar-refractivity contribution in [2.24, 2.45) is 10.7 Å². The molecule has 0 aliphatic heterocycles. The Kier molecular flexibility index (Phi) is 9.97. The van der Waals surface area contributed by atoms with Crippen LogP contribution >= 0.6 is 0 Å². The summed E-state index contributed by atoms with van der Waals surface area (Å²) in [5.41, 5.74) is 6.01. The number of carbonyl (C=O) groups excluding carboxylic acids is 1. The van der Waals surface area contributed by atoms with Crippen LogP contribution in [0.3, 0.4) is 0 Å². The van der Waals surface area contributed by atoms with Crippen LogP contribution in [0.2, 0.25) is 0 Å². The van der Waals surface area contributed by atoms with Gasteiger partial charge in [0.1, 0.15) is 6.10 Å². The lowest BCUT2D eigenvalue weighted by Crippen LogP contribution is -2.25. The lowest BCUT2D eigenvalue weighted by Gasteiger charge is -2.16. The van der Waals surface area contributed by atoms with E-state index in [1.165, 1.54) is 18.9 Å². The summed E-state index contributed by atoms with van der Waals surface area (Å²) in [5.74, 6) is 5.19. The van der Waals surface area contributed by atoms with Gasteiger partial charge in [0.25, 0.3) is 0 Å². The monoisotopic (exact) mass is 322 g/mol. The third kappa shape index (κ3) is 9.14. The van der Waals surface area contributed by atoms with Crippen LogP contribution in [0.4, 0.5) is 0 Å². The van der Waals surface area contributed by atoms with Crippen molar-refractivity contribution in [1.82, 2.24) is 0 Å². The Balaban J connectivity index is 2.17. The maximum Gasteiger partial charge on any atom is 0.329 e. The first-order valence-corrected chi connectivity index (χ1v) is 8.29. The molecule has 0 amide bonds. The molecule has 3 N–H and O–H groups in total. The molecule has 0 radical (unpaired) electrons. The van der Waals surface area contributed by atoms with E-state index >= 15 is 0 Å². The van der Waals surface area contributed by atoms with E-state index in [-0.39, 0.29) is 12.1 Å². The number of aliphatic carboxylic acids is 1. The minimum Gasteiger partial charge on any atom is -0.480 e. The molecule has 0 saturated carbocycles. The zero-order valence-corrected chi connectivity index (χ0v) is 13.5. The summed E-state index contributed by atoms with van der Waals surface area (Å²) in [6.45, 7) is 0.565. The molecule has 0 aromatic heterocycles. The number of carbonyl (C=O) groups is 1. The van der Waals surface area contributed by atoms with Gasteiger partial charge >= 0.3 is 5.97 Å². The summed E-state index contributed by atoms with van der Waals surface area (Å²) in [4.78, 5) is 24.2. The lowest BCUT2D eigenvalue weighted by molar-refractivity contribution is -0.138. The van der Waals surface area contributed by atoms with Gasteiger partial charge in [-0.2, -0.15) is 4.99 Å². The van der Waals surface area contributed by atoms with Crippen molar-refractivity contribution < 1.29 is 19.4 Å². The Morgan fingerprint density at radius 1 is 1.35 bits per heavy atom. The van der Waals surface area contributed by atoms with Gasteiger partial charge in [-0.05, 0) is 44.9 Å². The first-order chi connectivity index (χ1) is 11.1. The average Bonchev–Trinajstić information content (AvgIpc) is 2.48. The number of ether oxygens (including phenoxy) is 1. The van der Waals surface area contributed by atoms with Gasteiger partial charge in [-0.25, -0.2) is 9.59 Å². The fraction of sp³-hybridized carbons (Fsp3) is 0.765. The Labute approximate surface area is 137 Å². The predicted octanol–water partition coefficient (Wildman–Crippen LogP) is 2.02. The molecule has 1 aliphatic rings. The van der Waals surface area contributed by atoms with Crippen LogP contribution in [-0.2, 0) is 14.3 Å². The first-order valence-electron chi connectivity index (χ1n) is 8.29. The van der Waals surface area contributed by atoms with Crippen molar-refractivity contribution in [2.75, 3.05) is 6.61 Å². The predicted molar refractivity (Wildman–Crippen MR) is 86.6 cm³/mol. The summed E-state index contributed by atoms with van der Waals surface area (Å²) in [5, 5.41) is 8.86. The van der Waals surface area contributed by atoms with Crippen LogP contribution in [-0.4, -0.2) is 42.0 Å². The van der Waals surface area contributed by atoms with Crippen LogP contribution in [0.25, 0.3) is 0 Å². The minimum atomic E-state index is -1.10. The van der Waals surface area contributed by atoms with Crippen molar-refractivity contribution in [3.05, 3.63) is 0 Å². The van der Waals surface area contributed by atoms with Gasteiger partial charge in [-0.15, -0.1) is 5.92 Å². The number of carboxylic acids is 1. The molecule has 1 rings (SSSR count). The molecule has 3 atom stereocenters. The van der Waals surface area contributed by atoms with E-state index < -0.39 is 12.0 Å². The Bertz CT molecular complexity index is 461. The summed E-state index contributed by atoms with van der Waals surface area (Å²) in [6, 6.07) is -1.06. The third-order valence-corrected chi connectivity index (χ3v) is 3.88. The Morgan fingerprint density at radius 3 is 2.91 bits per heavy atom. The third-order valence-electron chi connectivity index (χ3n) is 3.88. The maximum atomic E-state index is 10.8. The van der Waals surface area contributed by atoms with Gasteiger partial charge in [0.2, 0.25) is 6.08 Å². The molecule has 0 aromatic carbocycles. The number of nitrogens with zero attached hydrogens (tertiary/aromatic N) is 1. The van der Waals surface area contributed by atoms with E-state index in [0.29, 0.717) is 32.3 Å². The number of isocyanates is 1. The summed E-state index contributed by atoms with van der Waals surface area (Å²) in [7, 11) is 0. The number of aliphatic imine (C=N–C) groups is 1. The lowest BCUT2D eigenvalue weighted by atomic mass is 10.0. The van der Waals surface area contributed by atoms with Crippen LogP contribution in [0.1, 0.15) is 57.8 Å². The van der Waals surface area contributed by atoms with Gasteiger partial charge in [0.15, 0.2) is 6.04 Å².